The third-order valence-corrected chi connectivity index (χ3v) is 1.67. The fraction of sp³-hybridized carbons (Fsp3) is 0.400. The lowest BCUT2D eigenvalue weighted by Gasteiger charge is -1.98. The molecule has 0 radical (unpaired) electrons. The first-order valence-corrected chi connectivity index (χ1v) is 3.85. The topological polar surface area (TPSA) is 40.9 Å². The van der Waals surface area contributed by atoms with Crippen molar-refractivity contribution >= 4 is 12.0 Å². The summed E-state index contributed by atoms with van der Waals surface area (Å²) in [5.41, 5.74) is 2.97. The second kappa shape index (κ2) is 4.65. The summed E-state index contributed by atoms with van der Waals surface area (Å²) in [5, 5.41) is 7.30. The second-order valence-corrected chi connectivity index (χ2v) is 3.03. The fourth-order valence-electron chi connectivity index (χ4n) is 0.638. The Morgan fingerprint density at radius 3 is 1.92 bits per heavy atom. The van der Waals surface area contributed by atoms with Gasteiger partial charge in [0, 0.05) is 11.3 Å². The van der Waals surface area contributed by atoms with Crippen molar-refractivity contribution in [2.24, 2.45) is 0 Å². The van der Waals surface area contributed by atoms with Crippen molar-refractivity contribution in [2.45, 2.75) is 27.7 Å². The number of allylic oxidation sites excluding steroid dienone is 4. The second-order valence-electron chi connectivity index (χ2n) is 3.03. The molecule has 0 fully saturated rings. The van der Waals surface area contributed by atoms with Crippen LogP contribution in [0.15, 0.2) is 22.8 Å². The summed E-state index contributed by atoms with van der Waals surface area (Å²) in [6.45, 7) is 7.30. The van der Waals surface area contributed by atoms with Gasteiger partial charge in [0.15, 0.2) is 0 Å². The van der Waals surface area contributed by atoms with Crippen LogP contribution in [-0.2, 0) is 4.79 Å². The van der Waals surface area contributed by atoms with E-state index in [2.05, 4.69) is 0 Å². The smallest absolute Gasteiger partial charge is 0.149 e. The number of aldehydes is 1. The van der Waals surface area contributed by atoms with Gasteiger partial charge in [-0.2, -0.15) is 0 Å². The van der Waals surface area contributed by atoms with Gasteiger partial charge in [0.25, 0.3) is 0 Å². The molecule has 0 saturated heterocycles. The Morgan fingerprint density at radius 2 is 1.67 bits per heavy atom. The summed E-state index contributed by atoms with van der Waals surface area (Å²) in [7, 11) is 0. The monoisotopic (exact) mass is 165 g/mol. The normalized spacial score (nSPS) is 10.8. The molecule has 0 rings (SSSR count). The number of rotatable bonds is 3. The van der Waals surface area contributed by atoms with Crippen LogP contribution in [0.25, 0.3) is 0 Å². The summed E-state index contributed by atoms with van der Waals surface area (Å²) < 4.78 is 0. The van der Waals surface area contributed by atoms with Crippen molar-refractivity contribution in [1.82, 2.24) is 0 Å². The molecule has 0 aliphatic carbocycles. The van der Waals surface area contributed by atoms with E-state index in [9.17, 15) is 4.79 Å². The molecule has 66 valence electrons. The molecule has 0 atom stereocenters. The molecule has 0 spiro atoms. The van der Waals surface area contributed by atoms with Crippen LogP contribution in [-0.4, -0.2) is 12.0 Å². The van der Waals surface area contributed by atoms with Crippen molar-refractivity contribution < 1.29 is 4.79 Å². The molecular formula is C10H15NO. The Balaban J connectivity index is 4.84. The minimum Gasteiger partial charge on any atom is -0.305 e. The first-order chi connectivity index (χ1) is 5.49. The van der Waals surface area contributed by atoms with E-state index in [0.717, 1.165) is 17.4 Å². The highest BCUT2D eigenvalue weighted by atomic mass is 16.1. The number of carbonyl (C=O) groups is 1. The molecule has 1 N–H and O–H groups in total. The Morgan fingerprint density at radius 1 is 1.17 bits per heavy atom. The molecule has 0 bridgehead atoms. The van der Waals surface area contributed by atoms with Gasteiger partial charge in [-0.15, -0.1) is 0 Å². The SMILES string of the molecule is CC(=N)/C(C)=C\C(C=O)=C(C)C. The molecule has 0 unspecified atom stereocenters. The maximum Gasteiger partial charge on any atom is 0.149 e. The van der Waals surface area contributed by atoms with Crippen LogP contribution in [0.1, 0.15) is 27.7 Å². The minimum atomic E-state index is 0.496. The van der Waals surface area contributed by atoms with E-state index in [1.54, 1.807) is 13.0 Å². The molecular weight excluding hydrogens is 150 g/mol. The average molecular weight is 165 g/mol. The first-order valence-electron chi connectivity index (χ1n) is 3.85. The van der Waals surface area contributed by atoms with Crippen molar-refractivity contribution in [3.63, 3.8) is 0 Å². The van der Waals surface area contributed by atoms with Crippen LogP contribution in [0.4, 0.5) is 0 Å². The summed E-state index contributed by atoms with van der Waals surface area (Å²) in [6, 6.07) is 0. The lowest BCUT2D eigenvalue weighted by atomic mass is 10.1. The predicted molar refractivity (Wildman–Crippen MR) is 51.6 cm³/mol. The summed E-state index contributed by atoms with van der Waals surface area (Å²) >= 11 is 0. The van der Waals surface area contributed by atoms with E-state index >= 15 is 0 Å². The molecule has 0 saturated carbocycles. The molecule has 0 aliphatic heterocycles. The lowest BCUT2D eigenvalue weighted by Crippen LogP contribution is -1.93. The minimum absolute atomic E-state index is 0.496. The van der Waals surface area contributed by atoms with Gasteiger partial charge in [0.05, 0.1) is 0 Å². The van der Waals surface area contributed by atoms with Crippen molar-refractivity contribution in [3.8, 4) is 0 Å². The maximum atomic E-state index is 10.5. The summed E-state index contributed by atoms with van der Waals surface area (Å²) in [6.07, 6.45) is 2.56. The molecule has 0 aromatic rings. The van der Waals surface area contributed by atoms with Crippen molar-refractivity contribution in [1.29, 1.82) is 5.41 Å². The van der Waals surface area contributed by atoms with Crippen LogP contribution in [0, 0.1) is 5.41 Å². The van der Waals surface area contributed by atoms with Gasteiger partial charge in [-0.25, -0.2) is 0 Å². The van der Waals surface area contributed by atoms with E-state index in [1.807, 2.05) is 20.8 Å². The van der Waals surface area contributed by atoms with Crippen LogP contribution < -0.4 is 0 Å². The highest BCUT2D eigenvalue weighted by molar-refractivity contribution is 5.97. The van der Waals surface area contributed by atoms with Gasteiger partial charge >= 0.3 is 0 Å². The van der Waals surface area contributed by atoms with Crippen LogP contribution in [0.2, 0.25) is 0 Å². The number of carbonyl (C=O) groups excluding carboxylic acids is 1. The standard InChI is InChI=1S/C10H15NO/c1-7(2)10(6-12)5-8(3)9(4)11/h5-6,11H,1-4H3/b8-5-,11-9?. The van der Waals surface area contributed by atoms with Gasteiger partial charge in [-0.05, 0) is 39.3 Å². The number of nitrogens with one attached hydrogen (secondary N) is 1. The molecule has 12 heavy (non-hydrogen) atoms. The van der Waals surface area contributed by atoms with E-state index in [0.29, 0.717) is 11.3 Å². The third kappa shape index (κ3) is 3.28. The summed E-state index contributed by atoms with van der Waals surface area (Å²) in [4.78, 5) is 10.5. The van der Waals surface area contributed by atoms with Crippen molar-refractivity contribution in [2.75, 3.05) is 0 Å². The van der Waals surface area contributed by atoms with Gasteiger partial charge in [0.2, 0.25) is 0 Å². The Labute approximate surface area is 73.5 Å². The van der Waals surface area contributed by atoms with Gasteiger partial charge in [-0.3, -0.25) is 4.79 Å². The number of hydrogen-bond acceptors (Lipinski definition) is 2. The van der Waals surface area contributed by atoms with Gasteiger partial charge in [-0.1, -0.05) is 5.57 Å². The molecule has 0 amide bonds. The third-order valence-electron chi connectivity index (χ3n) is 1.67. The first kappa shape index (κ1) is 10.8. The van der Waals surface area contributed by atoms with E-state index in [4.69, 9.17) is 5.41 Å². The molecule has 0 aliphatic rings. The molecule has 0 aromatic heterocycles. The van der Waals surface area contributed by atoms with Crippen LogP contribution in [0.5, 0.6) is 0 Å². The summed E-state index contributed by atoms with van der Waals surface area (Å²) in [5.74, 6) is 0. The fourth-order valence-corrected chi connectivity index (χ4v) is 0.638. The largest absolute Gasteiger partial charge is 0.305 e. The average Bonchev–Trinajstić information content (AvgIpc) is 1.98. The molecule has 0 aromatic carbocycles. The molecule has 0 heterocycles. The van der Waals surface area contributed by atoms with Crippen LogP contribution >= 0.6 is 0 Å². The number of hydrogen-bond donors (Lipinski definition) is 1. The highest BCUT2D eigenvalue weighted by Crippen LogP contribution is 2.06. The quantitative estimate of drug-likeness (QED) is 0.297. The van der Waals surface area contributed by atoms with Gasteiger partial charge < -0.3 is 5.41 Å². The Hall–Kier alpha value is -1.18. The Kier molecular flexibility index (Phi) is 4.19. The zero-order chi connectivity index (χ0) is 9.72. The van der Waals surface area contributed by atoms with E-state index in [1.165, 1.54) is 0 Å². The Bertz CT molecular complexity index is 255. The zero-order valence-electron chi connectivity index (χ0n) is 8.06. The van der Waals surface area contributed by atoms with Gasteiger partial charge in [0.1, 0.15) is 6.29 Å². The van der Waals surface area contributed by atoms with E-state index in [-0.39, 0.29) is 0 Å². The predicted octanol–water partition coefficient (Wildman–Crippen LogP) is 2.51. The molecule has 2 heteroatoms. The highest BCUT2D eigenvalue weighted by Gasteiger charge is 1.96. The maximum absolute atomic E-state index is 10.5. The molecule has 2 nitrogen and oxygen atoms in total. The van der Waals surface area contributed by atoms with E-state index < -0.39 is 0 Å². The van der Waals surface area contributed by atoms with Crippen molar-refractivity contribution in [3.05, 3.63) is 22.8 Å². The lowest BCUT2D eigenvalue weighted by molar-refractivity contribution is -0.104. The zero-order valence-corrected chi connectivity index (χ0v) is 8.06. The van der Waals surface area contributed by atoms with Crippen LogP contribution in [0.3, 0.4) is 0 Å².